The summed E-state index contributed by atoms with van der Waals surface area (Å²) in [5.41, 5.74) is 1.15. The van der Waals surface area contributed by atoms with Crippen molar-refractivity contribution in [3.63, 3.8) is 0 Å². The summed E-state index contributed by atoms with van der Waals surface area (Å²) in [4.78, 5) is 6.46. The Kier molecular flexibility index (Phi) is 6.81. The van der Waals surface area contributed by atoms with Gasteiger partial charge in [0.25, 0.3) is 0 Å². The van der Waals surface area contributed by atoms with Gasteiger partial charge in [-0.25, -0.2) is 8.78 Å². The minimum absolute atomic E-state index is 0.194. The molecule has 2 aromatic rings. The maximum Gasteiger partial charge on any atom is 0.147 e. The van der Waals surface area contributed by atoms with E-state index in [1.807, 2.05) is 19.9 Å². The Hall–Kier alpha value is -2.67. The molecular formula is C21H24F2N2O3. The lowest BCUT2D eigenvalue weighted by molar-refractivity contribution is 0.122. The lowest BCUT2D eigenvalue weighted by atomic mass is 10.2. The number of rotatable bonds is 7. The van der Waals surface area contributed by atoms with E-state index in [4.69, 9.17) is 14.2 Å². The summed E-state index contributed by atoms with van der Waals surface area (Å²) < 4.78 is 44.8. The van der Waals surface area contributed by atoms with Gasteiger partial charge >= 0.3 is 0 Å². The number of aliphatic imine (C=N–C) groups is 1. The van der Waals surface area contributed by atoms with Crippen molar-refractivity contribution in [2.45, 2.75) is 13.8 Å². The largest absolute Gasteiger partial charge is 0.492 e. The zero-order valence-corrected chi connectivity index (χ0v) is 16.1. The number of anilines is 1. The van der Waals surface area contributed by atoms with E-state index in [0.29, 0.717) is 43.6 Å². The molecule has 1 heterocycles. The molecule has 1 aliphatic rings. The smallest absolute Gasteiger partial charge is 0.147 e. The summed E-state index contributed by atoms with van der Waals surface area (Å²) in [6.07, 6.45) is 1.17. The molecule has 0 amide bonds. The number of hydrogen-bond donors (Lipinski definition) is 0. The minimum atomic E-state index is -0.670. The number of nitrogens with zero attached hydrogens (tertiary/aromatic N) is 2. The number of hydrogen-bond acceptors (Lipinski definition) is 5. The first-order chi connectivity index (χ1) is 13.6. The molecule has 0 spiro atoms. The van der Waals surface area contributed by atoms with E-state index in [-0.39, 0.29) is 5.56 Å². The third kappa shape index (κ3) is 4.59. The predicted octanol–water partition coefficient (Wildman–Crippen LogP) is 4.35. The Morgan fingerprint density at radius 2 is 1.68 bits per heavy atom. The molecule has 0 N–H and O–H groups in total. The van der Waals surface area contributed by atoms with E-state index >= 15 is 0 Å². The monoisotopic (exact) mass is 390 g/mol. The number of ether oxygens (including phenoxy) is 3. The lowest BCUT2D eigenvalue weighted by Gasteiger charge is -2.30. The van der Waals surface area contributed by atoms with Gasteiger partial charge in [0.05, 0.1) is 37.7 Å². The molecule has 1 aliphatic heterocycles. The first kappa shape index (κ1) is 20.1. The third-order valence-corrected chi connectivity index (χ3v) is 4.32. The predicted molar refractivity (Wildman–Crippen MR) is 105 cm³/mol. The van der Waals surface area contributed by atoms with Gasteiger partial charge in [-0.1, -0.05) is 6.07 Å². The van der Waals surface area contributed by atoms with Crippen LogP contribution in [0.4, 0.5) is 20.2 Å². The average molecular weight is 390 g/mol. The summed E-state index contributed by atoms with van der Waals surface area (Å²) >= 11 is 0. The van der Waals surface area contributed by atoms with Crippen molar-refractivity contribution in [3.05, 3.63) is 47.5 Å². The highest BCUT2D eigenvalue weighted by Gasteiger charge is 2.19. The average Bonchev–Trinajstić information content (AvgIpc) is 2.70. The second kappa shape index (κ2) is 9.50. The van der Waals surface area contributed by atoms with Crippen molar-refractivity contribution in [2.24, 2.45) is 4.99 Å². The van der Waals surface area contributed by atoms with Crippen molar-refractivity contribution in [1.29, 1.82) is 0 Å². The molecule has 150 valence electrons. The third-order valence-electron chi connectivity index (χ3n) is 4.32. The van der Waals surface area contributed by atoms with E-state index in [2.05, 4.69) is 9.89 Å². The van der Waals surface area contributed by atoms with E-state index in [9.17, 15) is 8.78 Å². The van der Waals surface area contributed by atoms with Gasteiger partial charge in [0.15, 0.2) is 0 Å². The van der Waals surface area contributed by atoms with Crippen LogP contribution in [-0.4, -0.2) is 45.7 Å². The van der Waals surface area contributed by atoms with Gasteiger partial charge in [0.1, 0.15) is 28.8 Å². The SMILES string of the molecule is CCOc1cc(N2CCOCC2)c(OCC)cc1N=Cc1c(F)cccc1F. The molecule has 3 rings (SSSR count). The molecule has 0 atom stereocenters. The van der Waals surface area contributed by atoms with Crippen LogP contribution >= 0.6 is 0 Å². The Bertz CT molecular complexity index is 816. The van der Waals surface area contributed by atoms with Gasteiger partial charge in [0, 0.05) is 31.4 Å². The van der Waals surface area contributed by atoms with Crippen molar-refractivity contribution >= 4 is 17.6 Å². The number of benzene rings is 2. The van der Waals surface area contributed by atoms with Gasteiger partial charge in [-0.3, -0.25) is 4.99 Å². The first-order valence-electron chi connectivity index (χ1n) is 9.38. The van der Waals surface area contributed by atoms with Gasteiger partial charge < -0.3 is 19.1 Å². The fourth-order valence-corrected chi connectivity index (χ4v) is 3.00. The zero-order valence-electron chi connectivity index (χ0n) is 16.1. The molecule has 0 bridgehead atoms. The second-order valence-corrected chi connectivity index (χ2v) is 6.15. The molecule has 0 radical (unpaired) electrons. The molecule has 7 heteroatoms. The number of morpholine rings is 1. The van der Waals surface area contributed by atoms with Crippen molar-refractivity contribution in [3.8, 4) is 11.5 Å². The summed E-state index contributed by atoms with van der Waals surface area (Å²) in [6, 6.07) is 7.32. The Labute approximate surface area is 163 Å². The molecule has 1 saturated heterocycles. The normalized spacial score (nSPS) is 14.5. The van der Waals surface area contributed by atoms with Crippen molar-refractivity contribution in [2.75, 3.05) is 44.4 Å². The van der Waals surface area contributed by atoms with Crippen LogP contribution in [0.3, 0.4) is 0 Å². The lowest BCUT2D eigenvalue weighted by Crippen LogP contribution is -2.36. The maximum atomic E-state index is 13.9. The highest BCUT2D eigenvalue weighted by Crippen LogP contribution is 2.40. The maximum absolute atomic E-state index is 13.9. The molecule has 2 aromatic carbocycles. The van der Waals surface area contributed by atoms with Gasteiger partial charge in [-0.2, -0.15) is 0 Å². The van der Waals surface area contributed by atoms with Crippen LogP contribution in [0.1, 0.15) is 19.4 Å². The van der Waals surface area contributed by atoms with E-state index < -0.39 is 11.6 Å². The van der Waals surface area contributed by atoms with E-state index in [1.54, 1.807) is 6.07 Å². The summed E-state index contributed by atoms with van der Waals surface area (Å²) in [5.74, 6) is -0.164. The Morgan fingerprint density at radius 3 is 2.32 bits per heavy atom. The van der Waals surface area contributed by atoms with Crippen LogP contribution in [0.5, 0.6) is 11.5 Å². The highest BCUT2D eigenvalue weighted by molar-refractivity contribution is 5.84. The van der Waals surface area contributed by atoms with Crippen LogP contribution in [0.2, 0.25) is 0 Å². The molecule has 1 fully saturated rings. The topological polar surface area (TPSA) is 43.3 Å². The standard InChI is InChI=1S/C21H24F2N2O3/c1-3-27-20-13-19(25-8-10-26-11-9-25)21(28-4-2)12-18(20)24-14-15-16(22)6-5-7-17(15)23/h5-7,12-14H,3-4,8-11H2,1-2H3. The molecular weight excluding hydrogens is 366 g/mol. The summed E-state index contributed by atoms with van der Waals surface area (Å²) in [7, 11) is 0. The van der Waals surface area contributed by atoms with Crippen LogP contribution in [0.15, 0.2) is 35.3 Å². The minimum Gasteiger partial charge on any atom is -0.492 e. The highest BCUT2D eigenvalue weighted by atomic mass is 19.1. The summed E-state index contributed by atoms with van der Waals surface area (Å²) in [6.45, 7) is 7.46. The zero-order chi connectivity index (χ0) is 19.9. The summed E-state index contributed by atoms with van der Waals surface area (Å²) in [5, 5.41) is 0. The molecule has 5 nitrogen and oxygen atoms in total. The fraction of sp³-hybridized carbons (Fsp3) is 0.381. The van der Waals surface area contributed by atoms with Gasteiger partial charge in [0.2, 0.25) is 0 Å². The van der Waals surface area contributed by atoms with Crippen molar-refractivity contribution < 1.29 is 23.0 Å². The van der Waals surface area contributed by atoms with Crippen LogP contribution in [0.25, 0.3) is 0 Å². The Balaban J connectivity index is 2.01. The van der Waals surface area contributed by atoms with Crippen molar-refractivity contribution in [1.82, 2.24) is 0 Å². The van der Waals surface area contributed by atoms with E-state index in [1.165, 1.54) is 24.4 Å². The second-order valence-electron chi connectivity index (χ2n) is 6.15. The molecule has 0 unspecified atom stereocenters. The first-order valence-corrected chi connectivity index (χ1v) is 9.38. The fourth-order valence-electron chi connectivity index (χ4n) is 3.00. The van der Waals surface area contributed by atoms with Gasteiger partial charge in [-0.15, -0.1) is 0 Å². The number of halogens is 2. The molecule has 0 saturated carbocycles. The molecule has 0 aliphatic carbocycles. The molecule has 28 heavy (non-hydrogen) atoms. The van der Waals surface area contributed by atoms with Crippen LogP contribution < -0.4 is 14.4 Å². The quantitative estimate of drug-likeness (QED) is 0.660. The Morgan fingerprint density at radius 1 is 1.04 bits per heavy atom. The van der Waals surface area contributed by atoms with Gasteiger partial charge in [-0.05, 0) is 26.0 Å². The van der Waals surface area contributed by atoms with Crippen LogP contribution in [0, 0.1) is 11.6 Å². The molecule has 0 aromatic heterocycles. The van der Waals surface area contributed by atoms with Crippen LogP contribution in [-0.2, 0) is 4.74 Å². The van der Waals surface area contributed by atoms with E-state index in [0.717, 1.165) is 18.8 Å².